The van der Waals surface area contributed by atoms with E-state index < -0.39 is 15.8 Å². The molecule has 1 aromatic rings. The van der Waals surface area contributed by atoms with Gasteiger partial charge in [-0.05, 0) is 60.8 Å². The standard InChI is InChI=1S/C21H28N4O4S/c1-28-15-11-23-20(29-12-15)18(10-22)30(2,27)25-21(26)24-19-16-7-3-5-13(16)9-14-6-4-8-17(14)19/h9-10,15,22-23H,3-8,11-12H2,1-2H3,(H,24,26)/b20-18-,22-10?. The minimum absolute atomic E-state index is 0.0655. The van der Waals surface area contributed by atoms with E-state index in [-0.39, 0.29) is 23.5 Å². The molecular weight excluding hydrogens is 404 g/mol. The van der Waals surface area contributed by atoms with Crippen molar-refractivity contribution in [2.24, 2.45) is 4.36 Å². The fraction of sp³-hybridized carbons (Fsp3) is 0.524. The maximum atomic E-state index is 13.2. The number of aryl methyl sites for hydroxylation is 2. The number of fused-ring (bicyclic) bond motifs is 2. The van der Waals surface area contributed by atoms with Gasteiger partial charge in [0.05, 0.1) is 9.73 Å². The Morgan fingerprint density at radius 3 is 2.50 bits per heavy atom. The minimum Gasteiger partial charge on any atom is -0.475 e. The number of nitrogens with zero attached hydrogens (tertiary/aromatic N) is 1. The van der Waals surface area contributed by atoms with E-state index in [1.807, 2.05) is 0 Å². The van der Waals surface area contributed by atoms with Crippen molar-refractivity contribution in [3.63, 3.8) is 0 Å². The van der Waals surface area contributed by atoms with Crippen LogP contribution in [0.3, 0.4) is 0 Å². The van der Waals surface area contributed by atoms with E-state index in [9.17, 15) is 9.00 Å². The number of anilines is 1. The lowest BCUT2D eigenvalue weighted by Gasteiger charge is -2.26. The third-order valence-electron chi connectivity index (χ3n) is 5.96. The van der Waals surface area contributed by atoms with Crippen LogP contribution in [0, 0.1) is 5.41 Å². The first-order chi connectivity index (χ1) is 14.4. The summed E-state index contributed by atoms with van der Waals surface area (Å²) in [6, 6.07) is 1.64. The number of urea groups is 1. The highest BCUT2D eigenvalue weighted by Crippen LogP contribution is 2.38. The molecule has 2 amide bonds. The first-order valence-electron chi connectivity index (χ1n) is 10.3. The Bertz CT molecular complexity index is 998. The monoisotopic (exact) mass is 432 g/mol. The third kappa shape index (κ3) is 3.96. The summed E-state index contributed by atoms with van der Waals surface area (Å²) in [5.41, 5.74) is 5.85. The molecule has 0 aromatic heterocycles. The van der Waals surface area contributed by atoms with E-state index in [1.54, 1.807) is 7.11 Å². The number of nitrogens with one attached hydrogen (secondary N) is 3. The highest BCUT2D eigenvalue weighted by molar-refractivity contribution is 7.97. The summed E-state index contributed by atoms with van der Waals surface area (Å²) >= 11 is 0. The molecule has 8 nitrogen and oxygen atoms in total. The number of rotatable bonds is 4. The summed E-state index contributed by atoms with van der Waals surface area (Å²) in [5.74, 6) is 0.212. The highest BCUT2D eigenvalue weighted by Gasteiger charge is 2.26. The van der Waals surface area contributed by atoms with Crippen LogP contribution in [-0.4, -0.2) is 49.1 Å². The minimum atomic E-state index is -3.17. The molecule has 1 saturated heterocycles. The Morgan fingerprint density at radius 2 is 1.97 bits per heavy atom. The molecule has 9 heteroatoms. The number of methoxy groups -OCH3 is 1. The molecule has 3 N–H and O–H groups in total. The molecule has 0 saturated carbocycles. The van der Waals surface area contributed by atoms with Crippen LogP contribution < -0.4 is 10.6 Å². The van der Waals surface area contributed by atoms with Gasteiger partial charge in [-0.25, -0.2) is 9.00 Å². The van der Waals surface area contributed by atoms with Crippen molar-refractivity contribution >= 4 is 27.7 Å². The Balaban J connectivity index is 1.62. The van der Waals surface area contributed by atoms with Crippen molar-refractivity contribution in [2.45, 2.75) is 44.6 Å². The van der Waals surface area contributed by atoms with Gasteiger partial charge < -0.3 is 25.5 Å². The zero-order valence-corrected chi connectivity index (χ0v) is 18.2. The number of ether oxygens (including phenoxy) is 2. The van der Waals surface area contributed by atoms with Gasteiger partial charge in [0, 0.05) is 31.8 Å². The summed E-state index contributed by atoms with van der Waals surface area (Å²) in [4.78, 5) is 12.9. The van der Waals surface area contributed by atoms with Crippen LogP contribution in [0.1, 0.15) is 35.1 Å². The van der Waals surface area contributed by atoms with Crippen LogP contribution in [0.25, 0.3) is 0 Å². The van der Waals surface area contributed by atoms with Crippen LogP contribution in [0.15, 0.2) is 21.2 Å². The number of benzene rings is 1. The predicted molar refractivity (Wildman–Crippen MR) is 117 cm³/mol. The first-order valence-corrected chi connectivity index (χ1v) is 12.2. The molecule has 162 valence electrons. The molecule has 2 unspecified atom stereocenters. The zero-order chi connectivity index (χ0) is 21.3. The summed E-state index contributed by atoms with van der Waals surface area (Å²) in [5, 5.41) is 13.6. The lowest BCUT2D eigenvalue weighted by Crippen LogP contribution is -2.39. The van der Waals surface area contributed by atoms with Gasteiger partial charge in [0.15, 0.2) is 0 Å². The van der Waals surface area contributed by atoms with Crippen molar-refractivity contribution in [1.82, 2.24) is 5.32 Å². The third-order valence-corrected chi connectivity index (χ3v) is 7.60. The van der Waals surface area contributed by atoms with Gasteiger partial charge in [0.25, 0.3) is 0 Å². The van der Waals surface area contributed by atoms with Crippen molar-refractivity contribution in [2.75, 3.05) is 31.8 Å². The summed E-state index contributed by atoms with van der Waals surface area (Å²) < 4.78 is 28.0. The maximum absolute atomic E-state index is 13.2. The molecule has 0 spiro atoms. The van der Waals surface area contributed by atoms with Crippen LogP contribution in [0.2, 0.25) is 0 Å². The molecule has 0 bridgehead atoms. The van der Waals surface area contributed by atoms with E-state index in [2.05, 4.69) is 21.1 Å². The normalized spacial score (nSPS) is 23.3. The van der Waals surface area contributed by atoms with Crippen LogP contribution in [0.5, 0.6) is 0 Å². The van der Waals surface area contributed by atoms with Gasteiger partial charge in [0.1, 0.15) is 17.6 Å². The Kier molecular flexibility index (Phi) is 5.84. The molecule has 4 rings (SSSR count). The van der Waals surface area contributed by atoms with E-state index in [1.165, 1.54) is 28.5 Å². The van der Waals surface area contributed by atoms with E-state index in [4.69, 9.17) is 14.9 Å². The average Bonchev–Trinajstić information content (AvgIpc) is 3.37. The Morgan fingerprint density at radius 1 is 1.30 bits per heavy atom. The van der Waals surface area contributed by atoms with E-state index in [0.717, 1.165) is 50.4 Å². The smallest absolute Gasteiger partial charge is 0.353 e. The quantitative estimate of drug-likeness (QED) is 0.633. The lowest BCUT2D eigenvalue weighted by atomic mass is 9.99. The van der Waals surface area contributed by atoms with Crippen molar-refractivity contribution in [3.8, 4) is 0 Å². The number of hydrogen-bond donors (Lipinski definition) is 3. The van der Waals surface area contributed by atoms with Crippen LogP contribution >= 0.6 is 0 Å². The van der Waals surface area contributed by atoms with Crippen LogP contribution in [-0.2, 0) is 44.9 Å². The van der Waals surface area contributed by atoms with E-state index in [0.29, 0.717) is 6.54 Å². The van der Waals surface area contributed by atoms with Crippen molar-refractivity contribution in [1.29, 1.82) is 5.41 Å². The summed E-state index contributed by atoms with van der Waals surface area (Å²) in [6.07, 6.45) is 8.26. The molecule has 1 heterocycles. The fourth-order valence-corrected chi connectivity index (χ4v) is 5.61. The summed E-state index contributed by atoms with van der Waals surface area (Å²) in [7, 11) is -1.59. The second-order valence-corrected chi connectivity index (χ2v) is 10.2. The van der Waals surface area contributed by atoms with Gasteiger partial charge in [-0.2, -0.15) is 0 Å². The van der Waals surface area contributed by atoms with Gasteiger partial charge >= 0.3 is 6.03 Å². The van der Waals surface area contributed by atoms with Gasteiger partial charge in [-0.15, -0.1) is 4.36 Å². The summed E-state index contributed by atoms with van der Waals surface area (Å²) in [6.45, 7) is 0.743. The largest absolute Gasteiger partial charge is 0.475 e. The molecule has 3 aliphatic rings. The average molecular weight is 433 g/mol. The number of carbonyl (C=O) groups excluding carboxylic acids is 1. The number of amides is 2. The molecular formula is C21H28N4O4S. The van der Waals surface area contributed by atoms with Gasteiger partial charge in [-0.1, -0.05) is 6.07 Å². The van der Waals surface area contributed by atoms with Gasteiger partial charge in [-0.3, -0.25) is 0 Å². The van der Waals surface area contributed by atoms with Crippen molar-refractivity contribution in [3.05, 3.63) is 39.1 Å². The van der Waals surface area contributed by atoms with E-state index >= 15 is 0 Å². The zero-order valence-electron chi connectivity index (χ0n) is 17.4. The van der Waals surface area contributed by atoms with Gasteiger partial charge in [0.2, 0.25) is 5.88 Å². The number of hydrogen-bond acceptors (Lipinski definition) is 6. The Labute approximate surface area is 177 Å². The second-order valence-electron chi connectivity index (χ2n) is 7.95. The molecule has 1 aromatic carbocycles. The molecule has 1 fully saturated rings. The second kappa shape index (κ2) is 8.39. The Hall–Kier alpha value is -2.39. The SMILES string of the molecule is COC1CN/C(=C(\C=N)S(C)(=O)=NC(=O)Nc2c3c(cc4c2CCC4)CCC3)OC1. The van der Waals surface area contributed by atoms with Crippen molar-refractivity contribution < 1.29 is 18.5 Å². The maximum Gasteiger partial charge on any atom is 0.353 e. The molecule has 1 aliphatic heterocycles. The number of carbonyl (C=O) groups is 1. The first kappa shape index (κ1) is 20.9. The topological polar surface area (TPSA) is 113 Å². The molecule has 2 atom stereocenters. The molecule has 2 aliphatic carbocycles. The molecule has 0 radical (unpaired) electrons. The fourth-order valence-electron chi connectivity index (χ4n) is 4.45. The predicted octanol–water partition coefficient (Wildman–Crippen LogP) is 2.75. The van der Waals surface area contributed by atoms with Crippen LogP contribution in [0.4, 0.5) is 10.5 Å². The number of allylic oxidation sites excluding steroid dienone is 1. The highest BCUT2D eigenvalue weighted by atomic mass is 32.2. The lowest BCUT2D eigenvalue weighted by molar-refractivity contribution is 0.00302. The molecule has 30 heavy (non-hydrogen) atoms.